The first-order valence-corrected chi connectivity index (χ1v) is 7.61. The molecule has 0 radical (unpaired) electrons. The number of sulfonamides is 1. The van der Waals surface area contributed by atoms with Gasteiger partial charge in [0.15, 0.2) is 12.1 Å². The molecule has 0 saturated carbocycles. The lowest BCUT2D eigenvalue weighted by Gasteiger charge is -2.09. The quantitative estimate of drug-likeness (QED) is 0.814. The minimum absolute atomic E-state index is 0.0444. The second kappa shape index (κ2) is 5.44. The van der Waals surface area contributed by atoms with Crippen molar-refractivity contribution in [1.29, 1.82) is 0 Å². The molecule has 1 aliphatic heterocycles. The van der Waals surface area contributed by atoms with Crippen LogP contribution < -0.4 is 4.72 Å². The Morgan fingerprint density at radius 1 is 1.47 bits per heavy atom. The van der Waals surface area contributed by atoms with Gasteiger partial charge in [-0.1, -0.05) is 19.1 Å². The van der Waals surface area contributed by atoms with Gasteiger partial charge in [0.05, 0.1) is 11.4 Å². The summed E-state index contributed by atoms with van der Waals surface area (Å²) >= 11 is 0. The van der Waals surface area contributed by atoms with Crippen molar-refractivity contribution in [2.24, 2.45) is 0 Å². The zero-order valence-electron chi connectivity index (χ0n) is 10.7. The van der Waals surface area contributed by atoms with Crippen LogP contribution in [0.3, 0.4) is 0 Å². The van der Waals surface area contributed by atoms with Crippen LogP contribution in [-0.4, -0.2) is 27.6 Å². The minimum Gasteiger partial charge on any atom is -0.353 e. The van der Waals surface area contributed by atoms with E-state index >= 15 is 0 Å². The zero-order valence-corrected chi connectivity index (χ0v) is 11.5. The molecule has 1 heterocycles. The van der Waals surface area contributed by atoms with Gasteiger partial charge in [0.25, 0.3) is 0 Å². The Morgan fingerprint density at radius 2 is 2.21 bits per heavy atom. The molecule has 2 atom stereocenters. The molecule has 1 aliphatic rings. The van der Waals surface area contributed by atoms with Crippen LogP contribution in [0.2, 0.25) is 0 Å². The molecular weight excluding hydrogens is 273 g/mol. The van der Waals surface area contributed by atoms with E-state index in [9.17, 15) is 12.8 Å². The predicted octanol–water partition coefficient (Wildman–Crippen LogP) is 2.02. The number of hydrogen-bond donors (Lipinski definition) is 1. The van der Waals surface area contributed by atoms with Crippen LogP contribution in [0.4, 0.5) is 10.1 Å². The summed E-state index contributed by atoms with van der Waals surface area (Å²) in [7, 11) is -2.04. The Balaban J connectivity index is 2.21. The number of nitrogens with one attached hydrogen (secondary N) is 1. The van der Waals surface area contributed by atoms with Gasteiger partial charge in [-0.2, -0.15) is 0 Å². The topological polar surface area (TPSA) is 67.9 Å². The summed E-state index contributed by atoms with van der Waals surface area (Å²) in [6, 6.07) is 4.52. The van der Waals surface area contributed by atoms with E-state index in [0.717, 1.165) is 0 Å². The van der Waals surface area contributed by atoms with Crippen molar-refractivity contribution < 1.29 is 22.3 Å². The van der Waals surface area contributed by atoms with Crippen LogP contribution in [0, 0.1) is 5.82 Å². The van der Waals surface area contributed by atoms with Crippen LogP contribution in [0.1, 0.15) is 25.0 Å². The first kappa shape index (κ1) is 14.2. The molecule has 0 bridgehead atoms. The van der Waals surface area contributed by atoms with Gasteiger partial charge < -0.3 is 9.47 Å². The molecule has 19 heavy (non-hydrogen) atoms. The van der Waals surface area contributed by atoms with Crippen molar-refractivity contribution in [3.8, 4) is 0 Å². The van der Waals surface area contributed by atoms with Crippen LogP contribution >= 0.6 is 0 Å². The second-order valence-electron chi connectivity index (χ2n) is 4.29. The largest absolute Gasteiger partial charge is 0.353 e. The van der Waals surface area contributed by atoms with Crippen molar-refractivity contribution in [3.63, 3.8) is 0 Å². The summed E-state index contributed by atoms with van der Waals surface area (Å²) in [5.74, 6) is -0.663. The molecule has 0 spiro atoms. The Hall–Kier alpha value is -1.18. The number of hydrogen-bond acceptors (Lipinski definition) is 4. The predicted molar refractivity (Wildman–Crippen MR) is 68.7 cm³/mol. The fraction of sp³-hybridized carbons (Fsp3) is 0.500. The summed E-state index contributed by atoms with van der Waals surface area (Å²) in [6.45, 7) is 1.74. The fourth-order valence-corrected chi connectivity index (χ4v) is 2.97. The molecular formula is C12H16FNO4S. The zero-order chi connectivity index (χ0) is 14.0. The highest BCUT2D eigenvalue weighted by Crippen LogP contribution is 2.41. The Kier molecular flexibility index (Phi) is 4.07. The highest BCUT2D eigenvalue weighted by molar-refractivity contribution is 7.92. The third-order valence-corrected chi connectivity index (χ3v) is 4.23. The molecule has 1 aromatic rings. The maximum Gasteiger partial charge on any atom is 0.232 e. The molecule has 2 rings (SSSR count). The lowest BCUT2D eigenvalue weighted by Crippen LogP contribution is -2.17. The minimum atomic E-state index is -3.51. The first-order chi connectivity index (χ1) is 8.98. The molecule has 106 valence electrons. The smallest absolute Gasteiger partial charge is 0.232 e. The lowest BCUT2D eigenvalue weighted by molar-refractivity contribution is 0.0950. The standard InChI is InChI=1S/C12H16FNO4S/c1-3-7-19(15,16)14-9-6-4-5-8(10(9)13)11-12(17-2)18-11/h4-6,11-12,14H,3,7H2,1-2H3. The van der Waals surface area contributed by atoms with Gasteiger partial charge in [-0.25, -0.2) is 12.8 Å². The SMILES string of the molecule is CCCS(=O)(=O)Nc1cccc(C2OC2OC)c1F. The molecule has 1 aromatic carbocycles. The second-order valence-corrected chi connectivity index (χ2v) is 6.13. The van der Waals surface area contributed by atoms with Crippen molar-refractivity contribution in [1.82, 2.24) is 0 Å². The summed E-state index contributed by atoms with van der Waals surface area (Å²) < 4.78 is 49.8. The third-order valence-electron chi connectivity index (χ3n) is 2.76. The van der Waals surface area contributed by atoms with Crippen molar-refractivity contribution in [2.45, 2.75) is 25.7 Å². The molecule has 0 aromatic heterocycles. The van der Waals surface area contributed by atoms with E-state index in [1.807, 2.05) is 0 Å². The monoisotopic (exact) mass is 289 g/mol. The van der Waals surface area contributed by atoms with Gasteiger partial charge in [-0.3, -0.25) is 4.72 Å². The average Bonchev–Trinajstić information content (AvgIpc) is 3.10. The van der Waals surface area contributed by atoms with E-state index in [4.69, 9.17) is 9.47 Å². The van der Waals surface area contributed by atoms with Crippen LogP contribution in [-0.2, 0) is 19.5 Å². The van der Waals surface area contributed by atoms with Gasteiger partial charge in [-0.15, -0.1) is 0 Å². The van der Waals surface area contributed by atoms with E-state index in [1.165, 1.54) is 13.2 Å². The maximum absolute atomic E-state index is 14.2. The van der Waals surface area contributed by atoms with Crippen LogP contribution in [0.25, 0.3) is 0 Å². The first-order valence-electron chi connectivity index (χ1n) is 5.95. The molecule has 1 fully saturated rings. The van der Waals surface area contributed by atoms with E-state index in [0.29, 0.717) is 12.0 Å². The Bertz CT molecular complexity index is 561. The van der Waals surface area contributed by atoms with Crippen molar-refractivity contribution in [3.05, 3.63) is 29.6 Å². The average molecular weight is 289 g/mol. The van der Waals surface area contributed by atoms with Crippen LogP contribution in [0.15, 0.2) is 18.2 Å². The van der Waals surface area contributed by atoms with E-state index in [2.05, 4.69) is 4.72 Å². The van der Waals surface area contributed by atoms with E-state index < -0.39 is 28.2 Å². The van der Waals surface area contributed by atoms with Gasteiger partial charge in [0, 0.05) is 12.7 Å². The molecule has 7 heteroatoms. The Morgan fingerprint density at radius 3 is 2.79 bits per heavy atom. The van der Waals surface area contributed by atoms with Crippen LogP contribution in [0.5, 0.6) is 0 Å². The summed E-state index contributed by atoms with van der Waals surface area (Å²) in [6.07, 6.45) is -0.466. The number of rotatable bonds is 6. The van der Waals surface area contributed by atoms with Gasteiger partial charge in [0.1, 0.15) is 6.10 Å². The normalized spacial score (nSPS) is 22.3. The highest BCUT2D eigenvalue weighted by Gasteiger charge is 2.42. The Labute approximate surface area is 111 Å². The maximum atomic E-state index is 14.2. The number of benzene rings is 1. The lowest BCUT2D eigenvalue weighted by atomic mass is 10.1. The summed E-state index contributed by atoms with van der Waals surface area (Å²) in [5, 5.41) is 0. The number of halogens is 1. The number of ether oxygens (including phenoxy) is 2. The molecule has 0 aliphatic carbocycles. The highest BCUT2D eigenvalue weighted by atomic mass is 32.2. The van der Waals surface area contributed by atoms with Gasteiger partial charge in [-0.05, 0) is 12.5 Å². The van der Waals surface area contributed by atoms with Gasteiger partial charge in [0.2, 0.25) is 10.0 Å². The van der Waals surface area contributed by atoms with E-state index in [1.54, 1.807) is 19.1 Å². The molecule has 0 amide bonds. The summed E-state index contributed by atoms with van der Waals surface area (Å²) in [5.41, 5.74) is 0.236. The molecule has 1 saturated heterocycles. The third kappa shape index (κ3) is 3.23. The van der Waals surface area contributed by atoms with Crippen molar-refractivity contribution in [2.75, 3.05) is 17.6 Å². The summed E-state index contributed by atoms with van der Waals surface area (Å²) in [4.78, 5) is 0. The number of methoxy groups -OCH3 is 1. The van der Waals surface area contributed by atoms with E-state index in [-0.39, 0.29) is 11.4 Å². The van der Waals surface area contributed by atoms with Gasteiger partial charge >= 0.3 is 0 Å². The number of anilines is 1. The molecule has 1 N–H and O–H groups in total. The van der Waals surface area contributed by atoms with Crippen molar-refractivity contribution >= 4 is 15.7 Å². The molecule has 2 unspecified atom stereocenters. The molecule has 5 nitrogen and oxygen atoms in total. The number of epoxide rings is 1. The fourth-order valence-electron chi connectivity index (χ4n) is 1.83.